The third-order valence-corrected chi connectivity index (χ3v) is 3.77. The van der Waals surface area contributed by atoms with Crippen LogP contribution in [0.15, 0.2) is 53.0 Å². The van der Waals surface area contributed by atoms with Crippen molar-refractivity contribution in [2.45, 2.75) is 13.5 Å². The summed E-state index contributed by atoms with van der Waals surface area (Å²) < 4.78 is 1.11. The Hall–Kier alpha value is -1.32. The van der Waals surface area contributed by atoms with E-state index in [2.05, 4.69) is 88.6 Å². The van der Waals surface area contributed by atoms with Crippen LogP contribution in [0.1, 0.15) is 11.1 Å². The van der Waals surface area contributed by atoms with Gasteiger partial charge in [-0.2, -0.15) is 0 Å². The van der Waals surface area contributed by atoms with Crippen molar-refractivity contribution < 1.29 is 0 Å². The van der Waals surface area contributed by atoms with Gasteiger partial charge in [0.1, 0.15) is 0 Å². The first-order chi connectivity index (χ1) is 9.63. The van der Waals surface area contributed by atoms with E-state index in [1.165, 1.54) is 11.1 Å². The minimum Gasteiger partial charge on any atom is -0.384 e. The van der Waals surface area contributed by atoms with Gasteiger partial charge in [-0.15, -0.1) is 0 Å². The van der Waals surface area contributed by atoms with Gasteiger partial charge in [0, 0.05) is 29.8 Å². The van der Waals surface area contributed by atoms with Gasteiger partial charge in [0.2, 0.25) is 0 Å². The van der Waals surface area contributed by atoms with Crippen LogP contribution in [-0.4, -0.2) is 25.0 Å². The Kier molecular flexibility index (Phi) is 5.62. The molecule has 0 unspecified atom stereocenters. The van der Waals surface area contributed by atoms with Crippen molar-refractivity contribution in [2.75, 3.05) is 25.5 Å². The lowest BCUT2D eigenvalue weighted by molar-refractivity contribution is 0.340. The van der Waals surface area contributed by atoms with Crippen LogP contribution in [0.4, 0.5) is 5.69 Å². The second-order valence-corrected chi connectivity index (χ2v) is 6.07. The monoisotopic (exact) mass is 332 g/mol. The standard InChI is InChI=1S/C17H21BrN2/c1-14-3-5-15(6-4-14)13-20(2)12-11-19-17-9-7-16(18)8-10-17/h3-10,19H,11-13H2,1-2H3. The first kappa shape index (κ1) is 15.1. The average Bonchev–Trinajstić information content (AvgIpc) is 2.44. The molecule has 106 valence electrons. The summed E-state index contributed by atoms with van der Waals surface area (Å²) in [6.45, 7) is 5.08. The summed E-state index contributed by atoms with van der Waals surface area (Å²) in [6, 6.07) is 17.0. The third-order valence-electron chi connectivity index (χ3n) is 3.24. The normalized spacial score (nSPS) is 10.8. The van der Waals surface area contributed by atoms with E-state index in [0.717, 1.165) is 29.8 Å². The smallest absolute Gasteiger partial charge is 0.0341 e. The van der Waals surface area contributed by atoms with Gasteiger partial charge in [-0.05, 0) is 43.8 Å². The molecule has 2 aromatic rings. The van der Waals surface area contributed by atoms with E-state index < -0.39 is 0 Å². The summed E-state index contributed by atoms with van der Waals surface area (Å²) in [7, 11) is 2.16. The fraction of sp³-hybridized carbons (Fsp3) is 0.294. The van der Waals surface area contributed by atoms with E-state index in [1.807, 2.05) is 0 Å². The van der Waals surface area contributed by atoms with Gasteiger partial charge >= 0.3 is 0 Å². The summed E-state index contributed by atoms with van der Waals surface area (Å²) in [5.74, 6) is 0. The fourth-order valence-corrected chi connectivity index (χ4v) is 2.31. The Bertz CT molecular complexity index is 520. The lowest BCUT2D eigenvalue weighted by atomic mass is 10.1. The van der Waals surface area contributed by atoms with Crippen LogP contribution in [-0.2, 0) is 6.54 Å². The van der Waals surface area contributed by atoms with Gasteiger partial charge in [0.15, 0.2) is 0 Å². The van der Waals surface area contributed by atoms with Crippen molar-refractivity contribution in [3.63, 3.8) is 0 Å². The minimum absolute atomic E-state index is 0.948. The van der Waals surface area contributed by atoms with Gasteiger partial charge in [-0.1, -0.05) is 45.8 Å². The lowest BCUT2D eigenvalue weighted by Gasteiger charge is -2.17. The topological polar surface area (TPSA) is 15.3 Å². The van der Waals surface area contributed by atoms with Crippen LogP contribution in [0.2, 0.25) is 0 Å². The highest BCUT2D eigenvalue weighted by molar-refractivity contribution is 9.10. The number of hydrogen-bond donors (Lipinski definition) is 1. The SMILES string of the molecule is Cc1ccc(CN(C)CCNc2ccc(Br)cc2)cc1. The van der Waals surface area contributed by atoms with E-state index >= 15 is 0 Å². The summed E-state index contributed by atoms with van der Waals surface area (Å²) in [5, 5.41) is 3.44. The van der Waals surface area contributed by atoms with Crippen LogP contribution in [0.5, 0.6) is 0 Å². The predicted molar refractivity (Wildman–Crippen MR) is 90.1 cm³/mol. The zero-order valence-corrected chi connectivity index (χ0v) is 13.7. The van der Waals surface area contributed by atoms with E-state index in [-0.39, 0.29) is 0 Å². The molecular formula is C17H21BrN2. The van der Waals surface area contributed by atoms with Gasteiger partial charge in [-0.3, -0.25) is 0 Å². The number of benzene rings is 2. The quantitative estimate of drug-likeness (QED) is 0.848. The van der Waals surface area contributed by atoms with Crippen LogP contribution < -0.4 is 5.32 Å². The molecule has 0 radical (unpaired) electrons. The highest BCUT2D eigenvalue weighted by atomic mass is 79.9. The highest BCUT2D eigenvalue weighted by Gasteiger charge is 2.00. The number of hydrogen-bond acceptors (Lipinski definition) is 2. The van der Waals surface area contributed by atoms with Gasteiger partial charge in [0.25, 0.3) is 0 Å². The second-order valence-electron chi connectivity index (χ2n) is 5.16. The molecule has 1 N–H and O–H groups in total. The molecule has 0 saturated heterocycles. The highest BCUT2D eigenvalue weighted by Crippen LogP contribution is 2.13. The number of rotatable bonds is 6. The number of nitrogens with one attached hydrogen (secondary N) is 1. The second kappa shape index (κ2) is 7.46. The Morgan fingerprint density at radius 1 is 1.00 bits per heavy atom. The Morgan fingerprint density at radius 3 is 2.30 bits per heavy atom. The molecule has 2 rings (SSSR count). The molecule has 0 amide bonds. The Balaban J connectivity index is 1.73. The van der Waals surface area contributed by atoms with Crippen LogP contribution in [0, 0.1) is 6.92 Å². The molecule has 0 aliphatic carbocycles. The van der Waals surface area contributed by atoms with Crippen LogP contribution in [0.25, 0.3) is 0 Å². The Morgan fingerprint density at radius 2 is 1.65 bits per heavy atom. The summed E-state index contributed by atoms with van der Waals surface area (Å²) in [4.78, 5) is 2.33. The maximum Gasteiger partial charge on any atom is 0.0341 e. The first-order valence-electron chi connectivity index (χ1n) is 6.87. The average molecular weight is 333 g/mol. The molecule has 2 aromatic carbocycles. The van der Waals surface area contributed by atoms with Gasteiger partial charge < -0.3 is 10.2 Å². The number of likely N-dealkylation sites (N-methyl/N-ethyl adjacent to an activating group) is 1. The van der Waals surface area contributed by atoms with E-state index in [9.17, 15) is 0 Å². The summed E-state index contributed by atoms with van der Waals surface area (Å²) >= 11 is 3.44. The molecule has 0 spiro atoms. The number of anilines is 1. The fourth-order valence-electron chi connectivity index (χ4n) is 2.04. The van der Waals surface area contributed by atoms with Crippen molar-refractivity contribution in [1.82, 2.24) is 4.90 Å². The van der Waals surface area contributed by atoms with Crippen molar-refractivity contribution in [1.29, 1.82) is 0 Å². The molecular weight excluding hydrogens is 312 g/mol. The molecule has 0 aromatic heterocycles. The maximum atomic E-state index is 3.44. The molecule has 2 nitrogen and oxygen atoms in total. The largest absolute Gasteiger partial charge is 0.384 e. The van der Waals surface area contributed by atoms with Gasteiger partial charge in [0.05, 0.1) is 0 Å². The maximum absolute atomic E-state index is 3.44. The molecule has 0 heterocycles. The van der Waals surface area contributed by atoms with E-state index in [1.54, 1.807) is 0 Å². The molecule has 20 heavy (non-hydrogen) atoms. The van der Waals surface area contributed by atoms with Crippen molar-refractivity contribution in [2.24, 2.45) is 0 Å². The minimum atomic E-state index is 0.948. The van der Waals surface area contributed by atoms with E-state index in [0.29, 0.717) is 0 Å². The molecule has 0 bridgehead atoms. The summed E-state index contributed by atoms with van der Waals surface area (Å²) in [6.07, 6.45) is 0. The van der Waals surface area contributed by atoms with Gasteiger partial charge in [-0.25, -0.2) is 0 Å². The molecule has 0 aliphatic rings. The number of nitrogens with zero attached hydrogens (tertiary/aromatic N) is 1. The molecule has 3 heteroatoms. The van der Waals surface area contributed by atoms with E-state index in [4.69, 9.17) is 0 Å². The zero-order valence-electron chi connectivity index (χ0n) is 12.1. The zero-order chi connectivity index (χ0) is 14.4. The van der Waals surface area contributed by atoms with Crippen LogP contribution >= 0.6 is 15.9 Å². The predicted octanol–water partition coefficient (Wildman–Crippen LogP) is 4.30. The molecule has 0 atom stereocenters. The molecule has 0 aliphatic heterocycles. The molecule has 0 fully saturated rings. The third kappa shape index (κ3) is 4.99. The Labute approximate surface area is 129 Å². The van der Waals surface area contributed by atoms with Crippen LogP contribution in [0.3, 0.4) is 0 Å². The van der Waals surface area contributed by atoms with Crippen molar-refractivity contribution in [3.05, 3.63) is 64.1 Å². The van der Waals surface area contributed by atoms with Crippen molar-refractivity contribution in [3.8, 4) is 0 Å². The lowest BCUT2D eigenvalue weighted by Crippen LogP contribution is -2.24. The summed E-state index contributed by atoms with van der Waals surface area (Å²) in [5.41, 5.74) is 3.84. The first-order valence-corrected chi connectivity index (χ1v) is 7.66. The van der Waals surface area contributed by atoms with Crippen molar-refractivity contribution >= 4 is 21.6 Å². The number of halogens is 1. The number of aryl methyl sites for hydroxylation is 1. The molecule has 0 saturated carbocycles.